The molecule has 1 unspecified atom stereocenters. The zero-order valence-corrected chi connectivity index (χ0v) is 14.9. The number of carbonyl (C=O) groups is 1. The molecule has 132 valence electrons. The second-order valence-electron chi connectivity index (χ2n) is 6.05. The van der Waals surface area contributed by atoms with Crippen molar-refractivity contribution in [2.24, 2.45) is 0 Å². The number of amides is 1. The molecule has 0 bridgehead atoms. The van der Waals surface area contributed by atoms with Crippen LogP contribution >= 0.6 is 12.4 Å². The lowest BCUT2D eigenvalue weighted by Gasteiger charge is -2.28. The first-order chi connectivity index (χ1) is 11.1. The maximum absolute atomic E-state index is 12.8. The van der Waals surface area contributed by atoms with Gasteiger partial charge in [0, 0.05) is 42.7 Å². The summed E-state index contributed by atoms with van der Waals surface area (Å²) in [6.07, 6.45) is 3.66. The van der Waals surface area contributed by atoms with Gasteiger partial charge in [-0.1, -0.05) is 6.92 Å². The van der Waals surface area contributed by atoms with Crippen molar-refractivity contribution in [3.63, 3.8) is 0 Å². The number of aryl methyl sites for hydroxylation is 1. The Morgan fingerprint density at radius 1 is 1.50 bits per heavy atom. The Labute approximate surface area is 146 Å². The summed E-state index contributed by atoms with van der Waals surface area (Å²) in [5.74, 6) is 0.00839. The van der Waals surface area contributed by atoms with E-state index >= 15 is 0 Å². The molecular formula is C16H24ClN5O2. The molecule has 3 heterocycles. The van der Waals surface area contributed by atoms with E-state index in [0.717, 1.165) is 32.5 Å². The van der Waals surface area contributed by atoms with Crippen LogP contribution < -0.4 is 10.9 Å². The van der Waals surface area contributed by atoms with Crippen LogP contribution in [0, 0.1) is 6.92 Å². The van der Waals surface area contributed by atoms with Gasteiger partial charge >= 0.3 is 0 Å². The monoisotopic (exact) mass is 353 g/mol. The van der Waals surface area contributed by atoms with E-state index in [2.05, 4.69) is 22.3 Å². The van der Waals surface area contributed by atoms with Crippen LogP contribution in [-0.4, -0.2) is 51.1 Å². The molecule has 1 amide bonds. The third-order valence-electron chi connectivity index (χ3n) is 4.43. The van der Waals surface area contributed by atoms with Crippen LogP contribution in [0.15, 0.2) is 17.1 Å². The quantitative estimate of drug-likeness (QED) is 0.836. The van der Waals surface area contributed by atoms with Crippen molar-refractivity contribution in [3.05, 3.63) is 33.9 Å². The summed E-state index contributed by atoms with van der Waals surface area (Å²) in [6.45, 7) is 6.35. The molecule has 2 aromatic heterocycles. The van der Waals surface area contributed by atoms with Crippen molar-refractivity contribution in [1.82, 2.24) is 24.8 Å². The van der Waals surface area contributed by atoms with Gasteiger partial charge in [0.1, 0.15) is 0 Å². The lowest BCUT2D eigenvalue weighted by molar-refractivity contribution is -0.132. The van der Waals surface area contributed by atoms with Crippen LogP contribution in [0.4, 0.5) is 0 Å². The Balaban J connectivity index is 0.00000208. The minimum absolute atomic E-state index is 0. The predicted molar refractivity (Wildman–Crippen MR) is 94.8 cm³/mol. The SMILES string of the molecule is CCCN(C(=O)Cc1c(C)nc2cc[nH]n2c1=O)C1CCNC1.Cl. The molecule has 0 saturated carbocycles. The number of H-pyrrole nitrogens is 1. The molecule has 0 spiro atoms. The average molecular weight is 354 g/mol. The van der Waals surface area contributed by atoms with Gasteiger partial charge in [-0.3, -0.25) is 14.7 Å². The van der Waals surface area contributed by atoms with Crippen LogP contribution in [-0.2, 0) is 11.2 Å². The summed E-state index contributed by atoms with van der Waals surface area (Å²) in [5.41, 5.74) is 1.49. The fourth-order valence-electron chi connectivity index (χ4n) is 3.22. The Kier molecular flexibility index (Phi) is 6.01. The second-order valence-corrected chi connectivity index (χ2v) is 6.05. The van der Waals surface area contributed by atoms with Crippen molar-refractivity contribution < 1.29 is 4.79 Å². The van der Waals surface area contributed by atoms with Crippen molar-refractivity contribution >= 4 is 24.0 Å². The summed E-state index contributed by atoms with van der Waals surface area (Å²) >= 11 is 0. The third-order valence-corrected chi connectivity index (χ3v) is 4.43. The number of aromatic nitrogens is 3. The van der Waals surface area contributed by atoms with Crippen molar-refractivity contribution in [2.75, 3.05) is 19.6 Å². The van der Waals surface area contributed by atoms with Gasteiger partial charge < -0.3 is 10.2 Å². The highest BCUT2D eigenvalue weighted by atomic mass is 35.5. The normalized spacial score (nSPS) is 17.0. The molecule has 1 fully saturated rings. The smallest absolute Gasteiger partial charge is 0.276 e. The van der Waals surface area contributed by atoms with Gasteiger partial charge in [-0.25, -0.2) is 9.50 Å². The zero-order valence-electron chi connectivity index (χ0n) is 14.0. The van der Waals surface area contributed by atoms with E-state index in [4.69, 9.17) is 0 Å². The molecule has 0 radical (unpaired) electrons. The lowest BCUT2D eigenvalue weighted by atomic mass is 10.1. The molecule has 1 aliphatic rings. The van der Waals surface area contributed by atoms with E-state index in [0.29, 0.717) is 16.9 Å². The molecule has 2 aromatic rings. The molecule has 1 aliphatic heterocycles. The molecule has 2 N–H and O–H groups in total. The first kappa shape index (κ1) is 18.5. The molecule has 7 nitrogen and oxygen atoms in total. The number of nitrogens with zero attached hydrogens (tertiary/aromatic N) is 3. The third kappa shape index (κ3) is 3.47. The van der Waals surface area contributed by atoms with E-state index in [-0.39, 0.29) is 36.3 Å². The molecule has 1 atom stereocenters. The highest BCUT2D eigenvalue weighted by Gasteiger charge is 2.27. The minimum atomic E-state index is -0.188. The Morgan fingerprint density at radius 3 is 2.96 bits per heavy atom. The van der Waals surface area contributed by atoms with Gasteiger partial charge in [0.15, 0.2) is 5.65 Å². The minimum Gasteiger partial charge on any atom is -0.338 e. The van der Waals surface area contributed by atoms with E-state index in [1.165, 1.54) is 4.52 Å². The van der Waals surface area contributed by atoms with Crippen LogP contribution in [0.5, 0.6) is 0 Å². The number of nitrogens with one attached hydrogen (secondary N) is 2. The molecule has 0 aromatic carbocycles. The van der Waals surface area contributed by atoms with Crippen molar-refractivity contribution in [3.8, 4) is 0 Å². The number of hydrogen-bond donors (Lipinski definition) is 2. The van der Waals surface area contributed by atoms with Gasteiger partial charge in [0.05, 0.1) is 6.42 Å². The number of carbonyl (C=O) groups excluding carboxylic acids is 1. The Morgan fingerprint density at radius 2 is 2.29 bits per heavy atom. The number of hydrogen-bond acceptors (Lipinski definition) is 4. The topological polar surface area (TPSA) is 82.5 Å². The second kappa shape index (κ2) is 7.81. The average Bonchev–Trinajstić information content (AvgIpc) is 3.19. The standard InChI is InChI=1S/C16H23N5O2.ClH/c1-3-8-20(12-4-6-17-10-12)15(22)9-13-11(2)19-14-5-7-18-21(14)16(13)23;/h5,7,12,17-18H,3-4,6,8-10H2,1-2H3;1H. The highest BCUT2D eigenvalue weighted by molar-refractivity contribution is 5.85. The van der Waals surface area contributed by atoms with Gasteiger partial charge in [-0.05, 0) is 26.3 Å². The molecule has 3 rings (SSSR count). The highest BCUT2D eigenvalue weighted by Crippen LogP contribution is 2.12. The number of rotatable bonds is 5. The Hall–Kier alpha value is -1.86. The van der Waals surface area contributed by atoms with Gasteiger partial charge in [-0.2, -0.15) is 0 Å². The van der Waals surface area contributed by atoms with Crippen LogP contribution in [0.25, 0.3) is 5.65 Å². The van der Waals surface area contributed by atoms with E-state index in [1.54, 1.807) is 19.2 Å². The molecule has 24 heavy (non-hydrogen) atoms. The summed E-state index contributed by atoms with van der Waals surface area (Å²) in [4.78, 5) is 31.7. The van der Waals surface area contributed by atoms with E-state index < -0.39 is 0 Å². The first-order valence-electron chi connectivity index (χ1n) is 8.17. The lowest BCUT2D eigenvalue weighted by Crippen LogP contribution is -2.43. The van der Waals surface area contributed by atoms with Crippen molar-refractivity contribution in [2.45, 2.75) is 39.2 Å². The first-order valence-corrected chi connectivity index (χ1v) is 8.17. The fourth-order valence-corrected chi connectivity index (χ4v) is 3.22. The number of fused-ring (bicyclic) bond motifs is 1. The zero-order chi connectivity index (χ0) is 16.4. The van der Waals surface area contributed by atoms with E-state index in [9.17, 15) is 9.59 Å². The molecule has 0 aliphatic carbocycles. The van der Waals surface area contributed by atoms with Crippen LogP contribution in [0.2, 0.25) is 0 Å². The Bertz CT molecular complexity index is 763. The number of aromatic amines is 1. The van der Waals surface area contributed by atoms with Crippen molar-refractivity contribution in [1.29, 1.82) is 0 Å². The predicted octanol–water partition coefficient (Wildman–Crippen LogP) is 0.896. The summed E-state index contributed by atoms with van der Waals surface area (Å²) in [7, 11) is 0. The van der Waals surface area contributed by atoms with Gasteiger partial charge in [-0.15, -0.1) is 12.4 Å². The maximum Gasteiger partial charge on any atom is 0.276 e. The number of halogens is 1. The maximum atomic E-state index is 12.8. The fraction of sp³-hybridized carbons (Fsp3) is 0.562. The molecule has 1 saturated heterocycles. The van der Waals surface area contributed by atoms with Crippen LogP contribution in [0.3, 0.4) is 0 Å². The largest absolute Gasteiger partial charge is 0.338 e. The molecule has 8 heteroatoms. The van der Waals surface area contributed by atoms with Crippen LogP contribution in [0.1, 0.15) is 31.0 Å². The van der Waals surface area contributed by atoms with Gasteiger partial charge in [0.2, 0.25) is 5.91 Å². The van der Waals surface area contributed by atoms with Gasteiger partial charge in [0.25, 0.3) is 5.56 Å². The summed E-state index contributed by atoms with van der Waals surface area (Å²) < 4.78 is 1.39. The summed E-state index contributed by atoms with van der Waals surface area (Å²) in [5, 5.41) is 6.14. The molecular weight excluding hydrogens is 330 g/mol. The van der Waals surface area contributed by atoms with E-state index in [1.807, 2.05) is 4.90 Å². The summed E-state index contributed by atoms with van der Waals surface area (Å²) in [6, 6.07) is 1.97.